The Kier molecular flexibility index (Phi) is 6.52. The Labute approximate surface area is 194 Å². The second kappa shape index (κ2) is 9.19. The fourth-order valence-corrected chi connectivity index (χ4v) is 5.23. The van der Waals surface area contributed by atoms with Crippen LogP contribution in [0.4, 0.5) is 10.1 Å². The molecule has 1 aliphatic heterocycles. The van der Waals surface area contributed by atoms with Crippen LogP contribution in [0.5, 0.6) is 0 Å². The van der Waals surface area contributed by atoms with Gasteiger partial charge in [-0.2, -0.15) is 9.78 Å². The minimum atomic E-state index is -3.75. The van der Waals surface area contributed by atoms with Gasteiger partial charge in [0, 0.05) is 24.2 Å². The third-order valence-electron chi connectivity index (χ3n) is 5.25. The predicted molar refractivity (Wildman–Crippen MR) is 122 cm³/mol. The van der Waals surface area contributed by atoms with Crippen LogP contribution in [0.15, 0.2) is 64.4 Å². The van der Waals surface area contributed by atoms with Crippen LogP contribution in [-0.4, -0.2) is 37.3 Å². The second-order valence-corrected chi connectivity index (χ2v) is 9.90. The zero-order valence-electron chi connectivity index (χ0n) is 16.7. The van der Waals surface area contributed by atoms with Crippen LogP contribution in [0.2, 0.25) is 10.0 Å². The van der Waals surface area contributed by atoms with Crippen molar-refractivity contribution in [1.29, 1.82) is 0 Å². The van der Waals surface area contributed by atoms with E-state index in [2.05, 4.69) is 9.82 Å². The number of hydrogen-bond donors (Lipinski definition) is 1. The van der Waals surface area contributed by atoms with Gasteiger partial charge in [0.2, 0.25) is 10.0 Å². The Hall–Kier alpha value is -2.46. The van der Waals surface area contributed by atoms with E-state index in [0.29, 0.717) is 42.3 Å². The van der Waals surface area contributed by atoms with Crippen molar-refractivity contribution in [2.75, 3.05) is 18.0 Å². The predicted octanol–water partition coefficient (Wildman–Crippen LogP) is 3.63. The molecule has 1 saturated heterocycles. The van der Waals surface area contributed by atoms with E-state index in [-0.39, 0.29) is 16.0 Å². The van der Waals surface area contributed by atoms with Crippen molar-refractivity contribution < 1.29 is 12.8 Å². The molecule has 0 spiro atoms. The molecule has 0 atom stereocenters. The van der Waals surface area contributed by atoms with E-state index in [1.807, 2.05) is 4.90 Å². The number of anilines is 1. The van der Waals surface area contributed by atoms with Crippen molar-refractivity contribution in [1.82, 2.24) is 14.5 Å². The number of rotatable bonds is 5. The summed E-state index contributed by atoms with van der Waals surface area (Å²) in [4.78, 5) is 14.7. The van der Waals surface area contributed by atoms with Crippen LogP contribution >= 0.6 is 23.2 Å². The number of hydrogen-bond acceptors (Lipinski definition) is 5. The maximum atomic E-state index is 13.1. The summed E-state index contributed by atoms with van der Waals surface area (Å²) < 4.78 is 42.0. The Morgan fingerprint density at radius 3 is 2.25 bits per heavy atom. The van der Waals surface area contributed by atoms with Gasteiger partial charge in [0.25, 0.3) is 5.56 Å². The summed E-state index contributed by atoms with van der Waals surface area (Å²) in [7, 11) is -3.75. The number of sulfonamides is 1. The molecule has 2 aromatic carbocycles. The van der Waals surface area contributed by atoms with Crippen LogP contribution in [0.3, 0.4) is 0 Å². The molecule has 4 rings (SSSR count). The van der Waals surface area contributed by atoms with E-state index in [1.165, 1.54) is 23.0 Å². The number of benzene rings is 2. The van der Waals surface area contributed by atoms with Crippen molar-refractivity contribution in [3.05, 3.63) is 80.9 Å². The standard InChI is InChI=1S/C21H19Cl2FN4O3S/c22-14-1-5-17(6-2-14)28-21(29)20(23)19(13-25-28)27-11-9-16(10-12-27)26-32(30,31)18-7-3-15(24)4-8-18/h1-8,13,16,26H,9-12H2. The molecule has 0 amide bonds. The molecule has 0 unspecified atom stereocenters. The monoisotopic (exact) mass is 496 g/mol. The zero-order chi connectivity index (χ0) is 22.9. The van der Waals surface area contributed by atoms with Crippen molar-refractivity contribution in [2.45, 2.75) is 23.8 Å². The lowest BCUT2D eigenvalue weighted by Gasteiger charge is -2.34. The average molecular weight is 497 g/mol. The molecule has 1 aliphatic rings. The maximum absolute atomic E-state index is 13.1. The van der Waals surface area contributed by atoms with E-state index < -0.39 is 21.4 Å². The first-order chi connectivity index (χ1) is 15.2. The molecule has 1 fully saturated rings. The number of aromatic nitrogens is 2. The SMILES string of the molecule is O=c1c(Cl)c(N2CCC(NS(=O)(=O)c3ccc(F)cc3)CC2)cnn1-c1ccc(Cl)cc1. The summed E-state index contributed by atoms with van der Waals surface area (Å²) in [6.07, 6.45) is 2.55. The highest BCUT2D eigenvalue weighted by Gasteiger charge is 2.26. The molecule has 1 N–H and O–H groups in total. The third-order valence-corrected chi connectivity index (χ3v) is 7.40. The molecule has 1 aromatic heterocycles. The molecular weight excluding hydrogens is 478 g/mol. The molecule has 32 heavy (non-hydrogen) atoms. The summed E-state index contributed by atoms with van der Waals surface area (Å²) in [5.74, 6) is -0.499. The molecule has 168 valence electrons. The fourth-order valence-electron chi connectivity index (χ4n) is 3.55. The molecule has 7 nitrogen and oxygen atoms in total. The van der Waals surface area contributed by atoms with Gasteiger partial charge in [-0.25, -0.2) is 17.5 Å². The third kappa shape index (κ3) is 4.80. The lowest BCUT2D eigenvalue weighted by molar-refractivity contribution is 0.459. The molecule has 0 aliphatic carbocycles. The normalized spacial score (nSPS) is 15.2. The molecule has 0 bridgehead atoms. The Balaban J connectivity index is 1.45. The van der Waals surface area contributed by atoms with E-state index in [4.69, 9.17) is 23.2 Å². The summed E-state index contributed by atoms with van der Waals surface area (Å²) >= 11 is 12.3. The van der Waals surface area contributed by atoms with Gasteiger partial charge in [0.1, 0.15) is 10.8 Å². The largest absolute Gasteiger partial charge is 0.369 e. The first-order valence-electron chi connectivity index (χ1n) is 9.81. The molecule has 3 aromatic rings. The van der Waals surface area contributed by atoms with E-state index in [9.17, 15) is 17.6 Å². The van der Waals surface area contributed by atoms with Gasteiger partial charge in [0.15, 0.2) is 0 Å². The lowest BCUT2D eigenvalue weighted by Crippen LogP contribution is -2.45. The Bertz CT molecular complexity index is 1270. The Morgan fingerprint density at radius 1 is 1.00 bits per heavy atom. The first kappa shape index (κ1) is 22.7. The van der Waals surface area contributed by atoms with E-state index >= 15 is 0 Å². The topological polar surface area (TPSA) is 84.3 Å². The van der Waals surface area contributed by atoms with Crippen LogP contribution in [0.25, 0.3) is 5.69 Å². The van der Waals surface area contributed by atoms with Crippen molar-refractivity contribution >= 4 is 38.9 Å². The van der Waals surface area contributed by atoms with Gasteiger partial charge >= 0.3 is 0 Å². The zero-order valence-corrected chi connectivity index (χ0v) is 19.0. The molecular formula is C21H19Cl2FN4O3S. The summed E-state index contributed by atoms with van der Waals surface area (Å²) in [6, 6.07) is 11.0. The van der Waals surface area contributed by atoms with Gasteiger partial charge in [-0.15, -0.1) is 0 Å². The number of piperidine rings is 1. The number of halogens is 3. The summed E-state index contributed by atoms with van der Waals surface area (Å²) in [5.41, 5.74) is 0.592. The Morgan fingerprint density at radius 2 is 1.62 bits per heavy atom. The summed E-state index contributed by atoms with van der Waals surface area (Å²) in [6.45, 7) is 0.977. The van der Waals surface area contributed by atoms with Gasteiger partial charge in [0.05, 0.1) is 22.5 Å². The van der Waals surface area contributed by atoms with Crippen LogP contribution < -0.4 is 15.2 Å². The minimum Gasteiger partial charge on any atom is -0.369 e. The lowest BCUT2D eigenvalue weighted by atomic mass is 10.1. The van der Waals surface area contributed by atoms with Gasteiger partial charge in [-0.3, -0.25) is 4.79 Å². The second-order valence-electron chi connectivity index (χ2n) is 7.37. The smallest absolute Gasteiger partial charge is 0.292 e. The molecule has 0 radical (unpaired) electrons. The number of nitrogens with zero attached hydrogens (tertiary/aromatic N) is 3. The highest BCUT2D eigenvalue weighted by molar-refractivity contribution is 7.89. The molecule has 2 heterocycles. The highest BCUT2D eigenvalue weighted by atomic mass is 35.5. The van der Waals surface area contributed by atoms with E-state index in [0.717, 1.165) is 12.1 Å². The minimum absolute atomic E-state index is 0.0133. The summed E-state index contributed by atoms with van der Waals surface area (Å²) in [5, 5.41) is 4.82. The van der Waals surface area contributed by atoms with Crippen molar-refractivity contribution in [3.8, 4) is 5.69 Å². The van der Waals surface area contributed by atoms with E-state index in [1.54, 1.807) is 24.3 Å². The van der Waals surface area contributed by atoms with Gasteiger partial charge < -0.3 is 4.90 Å². The maximum Gasteiger partial charge on any atom is 0.292 e. The van der Waals surface area contributed by atoms with Crippen LogP contribution in [-0.2, 0) is 10.0 Å². The van der Waals surface area contributed by atoms with Crippen LogP contribution in [0, 0.1) is 5.82 Å². The molecule has 11 heteroatoms. The van der Waals surface area contributed by atoms with Gasteiger partial charge in [-0.1, -0.05) is 23.2 Å². The van der Waals surface area contributed by atoms with Crippen molar-refractivity contribution in [3.63, 3.8) is 0 Å². The first-order valence-corrected chi connectivity index (χ1v) is 12.0. The van der Waals surface area contributed by atoms with Gasteiger partial charge in [-0.05, 0) is 61.4 Å². The molecule has 0 saturated carbocycles. The number of nitrogens with one attached hydrogen (secondary N) is 1. The quantitative estimate of drug-likeness (QED) is 0.582. The fraction of sp³-hybridized carbons (Fsp3) is 0.238. The van der Waals surface area contributed by atoms with Crippen LogP contribution in [0.1, 0.15) is 12.8 Å². The van der Waals surface area contributed by atoms with Crippen molar-refractivity contribution in [2.24, 2.45) is 0 Å². The average Bonchev–Trinajstić information content (AvgIpc) is 2.77. The highest BCUT2D eigenvalue weighted by Crippen LogP contribution is 2.26.